The zero-order valence-electron chi connectivity index (χ0n) is 11.2. The van der Waals surface area contributed by atoms with Crippen molar-refractivity contribution in [3.8, 4) is 0 Å². The Morgan fingerprint density at radius 1 is 1.05 bits per heavy atom. The number of sulfone groups is 1. The maximum Gasteiger partial charge on any atom is 0.211 e. The van der Waals surface area contributed by atoms with Gasteiger partial charge in [0.05, 0.1) is 10.6 Å². The predicted octanol–water partition coefficient (Wildman–Crippen LogP) is 0.282. The number of nitrogens with one attached hydrogen (secondary N) is 1. The van der Waals surface area contributed by atoms with E-state index < -0.39 is 19.9 Å². The molecule has 2 N–H and O–H groups in total. The van der Waals surface area contributed by atoms with Gasteiger partial charge in [0.2, 0.25) is 10.0 Å². The van der Waals surface area contributed by atoms with Gasteiger partial charge in [-0.3, -0.25) is 0 Å². The van der Waals surface area contributed by atoms with E-state index in [2.05, 4.69) is 4.72 Å². The Kier molecular flexibility index (Phi) is 6.12. The number of aliphatic hydroxyl groups is 1. The minimum Gasteiger partial charge on any atom is -0.396 e. The highest BCUT2D eigenvalue weighted by molar-refractivity contribution is 7.90. The van der Waals surface area contributed by atoms with Gasteiger partial charge in [-0.25, -0.2) is 21.6 Å². The monoisotopic (exact) mass is 321 g/mol. The smallest absolute Gasteiger partial charge is 0.211 e. The first kappa shape index (κ1) is 17.1. The van der Waals surface area contributed by atoms with E-state index in [1.165, 1.54) is 12.1 Å². The summed E-state index contributed by atoms with van der Waals surface area (Å²) in [5.74, 6) is -0.0328. The second-order valence-corrected chi connectivity index (χ2v) is 8.43. The fourth-order valence-corrected chi connectivity index (χ4v) is 3.27. The van der Waals surface area contributed by atoms with Gasteiger partial charge in [0, 0.05) is 19.4 Å². The van der Waals surface area contributed by atoms with Crippen molar-refractivity contribution < 1.29 is 21.9 Å². The minimum atomic E-state index is -3.37. The molecule has 0 aromatic heterocycles. The van der Waals surface area contributed by atoms with Gasteiger partial charge in [0.15, 0.2) is 9.84 Å². The SMILES string of the molecule is CS(=O)(=O)c1ccc(CNS(=O)(=O)CCCCO)cc1. The highest BCUT2D eigenvalue weighted by Crippen LogP contribution is 2.10. The third-order valence-corrected chi connectivity index (χ3v) is 5.21. The Bertz CT molecular complexity index is 620. The second kappa shape index (κ2) is 7.16. The number of rotatable bonds is 8. The van der Waals surface area contributed by atoms with Crippen molar-refractivity contribution in [2.75, 3.05) is 18.6 Å². The van der Waals surface area contributed by atoms with Gasteiger partial charge in [-0.1, -0.05) is 12.1 Å². The molecule has 1 rings (SSSR count). The van der Waals surface area contributed by atoms with Crippen LogP contribution in [-0.4, -0.2) is 40.6 Å². The first-order valence-corrected chi connectivity index (χ1v) is 9.66. The molecule has 1 aromatic carbocycles. The summed E-state index contributed by atoms with van der Waals surface area (Å²) in [6.45, 7) is 0.0912. The van der Waals surface area contributed by atoms with E-state index in [0.29, 0.717) is 18.4 Å². The van der Waals surface area contributed by atoms with Crippen LogP contribution in [0.5, 0.6) is 0 Å². The summed E-state index contributed by atoms with van der Waals surface area (Å²) in [7, 11) is -6.61. The van der Waals surface area contributed by atoms with Crippen molar-refractivity contribution >= 4 is 19.9 Å². The number of unbranched alkanes of at least 4 members (excludes halogenated alkanes) is 1. The lowest BCUT2D eigenvalue weighted by Crippen LogP contribution is -2.26. The van der Waals surface area contributed by atoms with Gasteiger partial charge in [0.1, 0.15) is 0 Å². The molecule has 0 radical (unpaired) electrons. The lowest BCUT2D eigenvalue weighted by atomic mass is 10.2. The number of benzene rings is 1. The molecule has 0 atom stereocenters. The van der Waals surface area contributed by atoms with Gasteiger partial charge >= 0.3 is 0 Å². The van der Waals surface area contributed by atoms with Crippen LogP contribution in [0.4, 0.5) is 0 Å². The van der Waals surface area contributed by atoms with Crippen molar-refractivity contribution in [1.29, 1.82) is 0 Å². The Morgan fingerprint density at radius 3 is 2.15 bits per heavy atom. The van der Waals surface area contributed by atoms with Gasteiger partial charge in [-0.15, -0.1) is 0 Å². The van der Waals surface area contributed by atoms with E-state index in [-0.39, 0.29) is 23.8 Å². The van der Waals surface area contributed by atoms with E-state index in [4.69, 9.17) is 5.11 Å². The van der Waals surface area contributed by atoms with Crippen LogP contribution in [0.25, 0.3) is 0 Å². The summed E-state index contributed by atoms with van der Waals surface area (Å²) in [5.41, 5.74) is 0.683. The van der Waals surface area contributed by atoms with Gasteiger partial charge in [-0.2, -0.15) is 0 Å². The molecule has 0 aliphatic carbocycles. The maximum absolute atomic E-state index is 11.6. The molecule has 0 unspecified atom stereocenters. The van der Waals surface area contributed by atoms with Crippen molar-refractivity contribution in [3.63, 3.8) is 0 Å². The first-order valence-electron chi connectivity index (χ1n) is 6.12. The summed E-state index contributed by atoms with van der Waals surface area (Å²) >= 11 is 0. The van der Waals surface area contributed by atoms with Crippen molar-refractivity contribution in [2.24, 2.45) is 0 Å². The van der Waals surface area contributed by atoms with Crippen LogP contribution in [0.15, 0.2) is 29.2 Å². The molecule has 0 fully saturated rings. The van der Waals surface area contributed by atoms with Crippen LogP contribution in [0.2, 0.25) is 0 Å². The third kappa shape index (κ3) is 6.00. The molecule has 1 aromatic rings. The molecule has 0 aliphatic heterocycles. The zero-order valence-corrected chi connectivity index (χ0v) is 12.9. The molecule has 114 valence electrons. The predicted molar refractivity (Wildman–Crippen MR) is 76.5 cm³/mol. The molecular weight excluding hydrogens is 302 g/mol. The van der Waals surface area contributed by atoms with E-state index in [1.807, 2.05) is 0 Å². The summed E-state index contributed by atoms with van der Waals surface area (Å²) < 4.78 is 48.2. The Balaban J connectivity index is 2.58. The molecule has 20 heavy (non-hydrogen) atoms. The van der Waals surface area contributed by atoms with E-state index in [0.717, 1.165) is 6.26 Å². The quantitative estimate of drug-likeness (QED) is 0.670. The molecule has 0 bridgehead atoms. The van der Waals surface area contributed by atoms with Crippen LogP contribution in [0.1, 0.15) is 18.4 Å². The average molecular weight is 321 g/mol. The summed E-state index contributed by atoms with van der Waals surface area (Å²) in [6, 6.07) is 6.05. The third-order valence-electron chi connectivity index (χ3n) is 2.67. The van der Waals surface area contributed by atoms with Gasteiger partial charge < -0.3 is 5.11 Å². The summed E-state index contributed by atoms with van der Waals surface area (Å²) in [5, 5.41) is 8.60. The topological polar surface area (TPSA) is 101 Å². The standard InChI is InChI=1S/C12H19NO5S2/c1-19(15,16)12-6-4-11(5-7-12)10-13-20(17,18)9-3-2-8-14/h4-7,13-14H,2-3,8-10H2,1H3. The summed E-state index contributed by atoms with van der Waals surface area (Å²) in [6.07, 6.45) is 1.97. The molecule has 0 spiro atoms. The van der Waals surface area contributed by atoms with Gasteiger partial charge in [0.25, 0.3) is 0 Å². The van der Waals surface area contributed by atoms with Crippen LogP contribution in [-0.2, 0) is 26.4 Å². The minimum absolute atomic E-state index is 0.0253. The van der Waals surface area contributed by atoms with Crippen LogP contribution < -0.4 is 4.72 Å². The molecule has 6 nitrogen and oxygen atoms in total. The largest absolute Gasteiger partial charge is 0.396 e. The van der Waals surface area contributed by atoms with Gasteiger partial charge in [-0.05, 0) is 30.5 Å². The number of hydrogen-bond donors (Lipinski definition) is 2. The molecular formula is C12H19NO5S2. The molecule has 0 saturated carbocycles. The number of hydrogen-bond acceptors (Lipinski definition) is 5. The fourth-order valence-electron chi connectivity index (χ4n) is 1.52. The normalized spacial score (nSPS) is 12.5. The number of sulfonamides is 1. The lowest BCUT2D eigenvalue weighted by molar-refractivity contribution is 0.287. The highest BCUT2D eigenvalue weighted by Gasteiger charge is 2.10. The van der Waals surface area contributed by atoms with E-state index in [9.17, 15) is 16.8 Å². The molecule has 0 saturated heterocycles. The van der Waals surface area contributed by atoms with E-state index >= 15 is 0 Å². The first-order chi connectivity index (χ1) is 9.24. The lowest BCUT2D eigenvalue weighted by Gasteiger charge is -2.07. The summed E-state index contributed by atoms with van der Waals surface area (Å²) in [4.78, 5) is 0.201. The van der Waals surface area contributed by atoms with Crippen molar-refractivity contribution in [1.82, 2.24) is 4.72 Å². The van der Waals surface area contributed by atoms with Crippen LogP contribution in [0, 0.1) is 0 Å². The highest BCUT2D eigenvalue weighted by atomic mass is 32.2. The van der Waals surface area contributed by atoms with Crippen LogP contribution in [0.3, 0.4) is 0 Å². The Hall–Kier alpha value is -0.960. The Morgan fingerprint density at radius 2 is 1.65 bits per heavy atom. The maximum atomic E-state index is 11.6. The molecule has 0 aliphatic rings. The van der Waals surface area contributed by atoms with Crippen molar-refractivity contribution in [3.05, 3.63) is 29.8 Å². The van der Waals surface area contributed by atoms with E-state index in [1.54, 1.807) is 12.1 Å². The molecule has 0 amide bonds. The Labute approximate surface area is 119 Å². The molecule has 0 heterocycles. The van der Waals surface area contributed by atoms with Crippen molar-refractivity contribution in [2.45, 2.75) is 24.3 Å². The van der Waals surface area contributed by atoms with Crippen LogP contribution >= 0.6 is 0 Å². The number of aliphatic hydroxyl groups excluding tert-OH is 1. The average Bonchev–Trinajstić information content (AvgIpc) is 2.36. The zero-order chi connectivity index (χ0) is 15.2. The second-order valence-electron chi connectivity index (χ2n) is 4.49. The molecule has 8 heteroatoms. The fraction of sp³-hybridized carbons (Fsp3) is 0.500.